The number of rotatable bonds is 5. The second kappa shape index (κ2) is 8.66. The fraction of sp³-hybridized carbons (Fsp3) is 0.364. The maximum absolute atomic E-state index is 13.3. The second-order valence-corrected chi connectivity index (χ2v) is 8.39. The van der Waals surface area contributed by atoms with E-state index in [0.717, 1.165) is 29.9 Å². The molecule has 1 fully saturated rings. The number of pyridine rings is 1. The Labute approximate surface area is 190 Å². The summed E-state index contributed by atoms with van der Waals surface area (Å²) in [6.07, 6.45) is 4.27. The summed E-state index contributed by atoms with van der Waals surface area (Å²) in [6.45, 7) is 3.30. The van der Waals surface area contributed by atoms with Crippen molar-refractivity contribution in [3.05, 3.63) is 59.5 Å². The molecule has 1 unspecified atom stereocenters. The van der Waals surface area contributed by atoms with Crippen molar-refractivity contribution in [2.24, 2.45) is 0 Å². The first-order chi connectivity index (χ1) is 15.6. The van der Waals surface area contributed by atoms with Crippen LogP contribution >= 0.6 is 11.6 Å². The average molecular weight is 451 g/mol. The van der Waals surface area contributed by atoms with E-state index in [1.807, 2.05) is 52.8 Å². The van der Waals surface area contributed by atoms with E-state index in [1.165, 1.54) is 4.80 Å². The fourth-order valence-corrected chi connectivity index (χ4v) is 4.34. The zero-order chi connectivity index (χ0) is 22.1. The Morgan fingerprint density at radius 1 is 1.09 bits per heavy atom. The van der Waals surface area contributed by atoms with Gasteiger partial charge in [0.1, 0.15) is 5.82 Å². The minimum absolute atomic E-state index is 0.0251. The van der Waals surface area contributed by atoms with Gasteiger partial charge in [0.2, 0.25) is 11.7 Å². The molecule has 1 amide bonds. The molecule has 10 heteroatoms. The zero-order valence-corrected chi connectivity index (χ0v) is 18.4. The lowest BCUT2D eigenvalue weighted by molar-refractivity contribution is -0.136. The highest BCUT2D eigenvalue weighted by molar-refractivity contribution is 6.30. The van der Waals surface area contributed by atoms with Gasteiger partial charge in [-0.25, -0.2) is 0 Å². The first kappa shape index (κ1) is 20.6. The second-order valence-electron chi connectivity index (χ2n) is 7.95. The lowest BCUT2D eigenvalue weighted by Crippen LogP contribution is -2.42. The average Bonchev–Trinajstić information content (AvgIpc) is 3.48. The van der Waals surface area contributed by atoms with Gasteiger partial charge in [0.25, 0.3) is 0 Å². The molecule has 0 radical (unpaired) electrons. The van der Waals surface area contributed by atoms with Crippen LogP contribution in [0.15, 0.2) is 48.7 Å². The molecule has 164 valence electrons. The molecule has 9 nitrogen and oxygen atoms in total. The summed E-state index contributed by atoms with van der Waals surface area (Å²) in [5.41, 5.74) is 1.66. The number of amides is 1. The highest BCUT2D eigenvalue weighted by Crippen LogP contribution is 2.28. The largest absolute Gasteiger partial charge is 0.341 e. The summed E-state index contributed by atoms with van der Waals surface area (Å²) >= 11 is 5.96. The van der Waals surface area contributed by atoms with Gasteiger partial charge >= 0.3 is 0 Å². The Balaban J connectivity index is 1.27. The maximum Gasteiger partial charge on any atom is 0.249 e. The van der Waals surface area contributed by atoms with E-state index in [-0.39, 0.29) is 11.8 Å². The predicted octanol–water partition coefficient (Wildman–Crippen LogP) is 3.39. The first-order valence-corrected chi connectivity index (χ1v) is 11.2. The van der Waals surface area contributed by atoms with Gasteiger partial charge in [-0.3, -0.25) is 9.20 Å². The summed E-state index contributed by atoms with van der Waals surface area (Å²) < 4.78 is 2.04. The highest BCUT2D eigenvalue weighted by atomic mass is 35.5. The number of fused-ring (bicyclic) bond motifs is 1. The summed E-state index contributed by atoms with van der Waals surface area (Å²) in [5.74, 6) is 1.74. The van der Waals surface area contributed by atoms with Gasteiger partial charge < -0.3 is 4.90 Å². The number of hydrogen-bond donors (Lipinski definition) is 0. The third-order valence-electron chi connectivity index (χ3n) is 5.99. The van der Waals surface area contributed by atoms with E-state index >= 15 is 0 Å². The molecule has 0 saturated carbocycles. The SMILES string of the molecule is CCC(C(=O)N1CCC(c2nnc3ccccn23)CC1)n1nnc(-c2ccc(Cl)cc2)n1. The Bertz CT molecular complexity index is 1230. The van der Waals surface area contributed by atoms with E-state index in [4.69, 9.17) is 11.6 Å². The number of aromatic nitrogens is 7. The van der Waals surface area contributed by atoms with Crippen LogP contribution in [0.2, 0.25) is 5.02 Å². The molecular weight excluding hydrogens is 428 g/mol. The van der Waals surface area contributed by atoms with Gasteiger partial charge in [-0.05, 0) is 60.9 Å². The molecule has 1 aliphatic heterocycles. The summed E-state index contributed by atoms with van der Waals surface area (Å²) in [5, 5.41) is 22.1. The molecule has 0 bridgehead atoms. The normalized spacial score (nSPS) is 15.9. The van der Waals surface area contributed by atoms with Crippen molar-refractivity contribution < 1.29 is 4.79 Å². The third kappa shape index (κ3) is 3.84. The molecule has 0 aliphatic carbocycles. The minimum atomic E-state index is -0.478. The van der Waals surface area contributed by atoms with Crippen LogP contribution in [0.4, 0.5) is 0 Å². The molecule has 4 aromatic rings. The summed E-state index contributed by atoms with van der Waals surface area (Å²) in [6, 6.07) is 12.6. The Morgan fingerprint density at radius 3 is 2.62 bits per heavy atom. The van der Waals surface area contributed by atoms with Gasteiger partial charge in [0.15, 0.2) is 11.7 Å². The fourth-order valence-electron chi connectivity index (χ4n) is 4.22. The van der Waals surface area contributed by atoms with Gasteiger partial charge in [-0.2, -0.15) is 4.80 Å². The van der Waals surface area contributed by atoms with Gasteiger partial charge in [-0.15, -0.1) is 20.4 Å². The number of halogens is 1. The van der Waals surface area contributed by atoms with Crippen molar-refractivity contribution in [3.8, 4) is 11.4 Å². The molecule has 0 N–H and O–H groups in total. The summed E-state index contributed by atoms with van der Waals surface area (Å²) in [4.78, 5) is 16.6. The quantitative estimate of drug-likeness (QED) is 0.462. The van der Waals surface area contributed by atoms with Gasteiger partial charge in [0, 0.05) is 35.8 Å². The lowest BCUT2D eigenvalue weighted by atomic mass is 9.95. The number of carbonyl (C=O) groups excluding carboxylic acids is 1. The number of hydrogen-bond acceptors (Lipinski definition) is 6. The molecule has 1 aliphatic rings. The van der Waals surface area contributed by atoms with E-state index in [9.17, 15) is 4.79 Å². The van der Waals surface area contributed by atoms with Crippen molar-refractivity contribution in [1.82, 2.24) is 39.7 Å². The predicted molar refractivity (Wildman–Crippen MR) is 119 cm³/mol. The van der Waals surface area contributed by atoms with Gasteiger partial charge in [-0.1, -0.05) is 24.6 Å². The molecule has 5 rings (SSSR count). The van der Waals surface area contributed by atoms with Crippen molar-refractivity contribution in [3.63, 3.8) is 0 Å². The van der Waals surface area contributed by atoms with E-state index in [2.05, 4.69) is 25.6 Å². The molecule has 0 spiro atoms. The monoisotopic (exact) mass is 450 g/mol. The molecule has 1 atom stereocenters. The van der Waals surface area contributed by atoms with Crippen molar-refractivity contribution in [2.45, 2.75) is 38.1 Å². The van der Waals surface area contributed by atoms with Gasteiger partial charge in [0.05, 0.1) is 0 Å². The van der Waals surface area contributed by atoms with Crippen LogP contribution in [0.25, 0.3) is 17.0 Å². The number of likely N-dealkylation sites (tertiary alicyclic amines) is 1. The Kier molecular flexibility index (Phi) is 5.57. The molecule has 3 aromatic heterocycles. The van der Waals surface area contributed by atoms with Crippen molar-refractivity contribution >= 4 is 23.2 Å². The first-order valence-electron chi connectivity index (χ1n) is 10.8. The minimum Gasteiger partial charge on any atom is -0.341 e. The van der Waals surface area contributed by atoms with E-state index in [1.54, 1.807) is 12.1 Å². The van der Waals surface area contributed by atoms with Crippen molar-refractivity contribution in [2.75, 3.05) is 13.1 Å². The maximum atomic E-state index is 13.3. The molecule has 32 heavy (non-hydrogen) atoms. The third-order valence-corrected chi connectivity index (χ3v) is 6.25. The molecule has 1 aromatic carbocycles. The molecule has 1 saturated heterocycles. The highest BCUT2D eigenvalue weighted by Gasteiger charge is 2.31. The smallest absolute Gasteiger partial charge is 0.249 e. The number of tetrazole rings is 1. The van der Waals surface area contributed by atoms with Crippen LogP contribution in [-0.4, -0.2) is 58.7 Å². The Morgan fingerprint density at radius 2 is 1.88 bits per heavy atom. The van der Waals surface area contributed by atoms with Crippen LogP contribution < -0.4 is 0 Å². The Hall–Kier alpha value is -3.33. The number of benzene rings is 1. The van der Waals surface area contributed by atoms with Crippen LogP contribution in [-0.2, 0) is 4.79 Å². The number of piperidine rings is 1. The lowest BCUT2D eigenvalue weighted by Gasteiger charge is -2.33. The zero-order valence-electron chi connectivity index (χ0n) is 17.7. The van der Waals surface area contributed by atoms with E-state index < -0.39 is 6.04 Å². The van der Waals surface area contributed by atoms with Crippen molar-refractivity contribution in [1.29, 1.82) is 0 Å². The number of nitrogens with zero attached hydrogens (tertiary/aromatic N) is 8. The van der Waals surface area contributed by atoms with Crippen LogP contribution in [0, 0.1) is 0 Å². The van der Waals surface area contributed by atoms with E-state index in [0.29, 0.717) is 30.4 Å². The molecular formula is C22H23ClN8O. The van der Waals surface area contributed by atoms with Crippen LogP contribution in [0.1, 0.15) is 44.0 Å². The van der Waals surface area contributed by atoms with Crippen LogP contribution in [0.5, 0.6) is 0 Å². The molecule has 4 heterocycles. The standard InChI is InChI=1S/C22H23ClN8O/c1-2-18(31-27-20(25-28-31)15-6-8-17(23)9-7-15)22(32)29-13-10-16(11-14-29)21-26-24-19-5-3-4-12-30(19)21/h3-9,12,16,18H,2,10-11,13-14H2,1H3. The number of carbonyl (C=O) groups is 1. The van der Waals surface area contributed by atoms with Crippen LogP contribution in [0.3, 0.4) is 0 Å². The topological polar surface area (TPSA) is 94.1 Å². The summed E-state index contributed by atoms with van der Waals surface area (Å²) in [7, 11) is 0.